The number of rotatable bonds is 5. The van der Waals surface area contributed by atoms with Crippen LogP contribution < -0.4 is 10.1 Å². The maximum Gasteiger partial charge on any atom is 0.318 e. The summed E-state index contributed by atoms with van der Waals surface area (Å²) >= 11 is 0. The van der Waals surface area contributed by atoms with Crippen LogP contribution in [0.5, 0.6) is 5.75 Å². The first kappa shape index (κ1) is 17.1. The fourth-order valence-electron chi connectivity index (χ4n) is 3.19. The lowest BCUT2D eigenvalue weighted by Crippen LogP contribution is -2.39. The Bertz CT molecular complexity index is 906. The molecule has 8 heteroatoms. The predicted octanol–water partition coefficient (Wildman–Crippen LogP) is 3.38. The quantitative estimate of drug-likeness (QED) is 0.742. The molecule has 4 rings (SSSR count). The van der Waals surface area contributed by atoms with Gasteiger partial charge in [-0.25, -0.2) is 4.79 Å². The van der Waals surface area contributed by atoms with E-state index in [1.165, 1.54) is 0 Å². The highest BCUT2D eigenvalue weighted by molar-refractivity contribution is 5.74. The third-order valence-corrected chi connectivity index (χ3v) is 4.56. The number of nitrogens with one attached hydrogen (secondary N) is 1. The summed E-state index contributed by atoms with van der Waals surface area (Å²) in [5.41, 5.74) is 0.802. The first-order chi connectivity index (χ1) is 13.2. The summed E-state index contributed by atoms with van der Waals surface area (Å²) in [5, 5.41) is 6.94. The van der Waals surface area contributed by atoms with Crippen molar-refractivity contribution >= 4 is 6.03 Å². The van der Waals surface area contributed by atoms with Crippen LogP contribution in [0.3, 0.4) is 0 Å². The number of carbonyl (C=O) groups excluding carboxylic acids is 1. The van der Waals surface area contributed by atoms with Crippen LogP contribution in [0.1, 0.15) is 30.5 Å². The lowest BCUT2D eigenvalue weighted by Gasteiger charge is -2.21. The first-order valence-corrected chi connectivity index (χ1v) is 8.79. The highest BCUT2D eigenvalue weighted by atomic mass is 16.5. The minimum Gasteiger partial charge on any atom is -0.497 e. The van der Waals surface area contributed by atoms with Crippen LogP contribution in [-0.2, 0) is 6.54 Å². The predicted molar refractivity (Wildman–Crippen MR) is 95.9 cm³/mol. The Kier molecular flexibility index (Phi) is 4.78. The molecular formula is C19H20N4O4. The van der Waals surface area contributed by atoms with Gasteiger partial charge in [0.05, 0.1) is 19.9 Å². The molecule has 3 aromatic rings. The van der Waals surface area contributed by atoms with E-state index in [2.05, 4.69) is 15.5 Å². The summed E-state index contributed by atoms with van der Waals surface area (Å²) in [6.07, 6.45) is 3.25. The number of urea groups is 1. The highest BCUT2D eigenvalue weighted by Gasteiger charge is 2.34. The van der Waals surface area contributed by atoms with Gasteiger partial charge in [0.15, 0.2) is 0 Å². The molecule has 1 aromatic carbocycles. The normalized spacial score (nSPS) is 16.5. The Balaban J connectivity index is 1.47. The molecule has 140 valence electrons. The summed E-state index contributed by atoms with van der Waals surface area (Å²) in [7, 11) is 1.61. The molecule has 0 bridgehead atoms. The molecular weight excluding hydrogens is 348 g/mol. The van der Waals surface area contributed by atoms with Crippen LogP contribution in [0.15, 0.2) is 51.6 Å². The van der Waals surface area contributed by atoms with Crippen molar-refractivity contribution < 1.29 is 18.5 Å². The number of hydrogen-bond donors (Lipinski definition) is 1. The van der Waals surface area contributed by atoms with Gasteiger partial charge in [-0.3, -0.25) is 0 Å². The van der Waals surface area contributed by atoms with Crippen LogP contribution >= 0.6 is 0 Å². The van der Waals surface area contributed by atoms with E-state index in [-0.39, 0.29) is 12.1 Å². The standard InChI is InChI=1S/C19H20N4O4/c1-25-14-6-2-5-13(11-14)17-21-18(27-22-17)16-8-3-9-23(16)19(24)20-12-15-7-4-10-26-15/h2,4-7,10-11,16H,3,8-9,12H2,1H3,(H,20,24)/t16-/m0/s1. The van der Waals surface area contributed by atoms with Crippen molar-refractivity contribution in [2.24, 2.45) is 0 Å². The molecule has 2 aromatic heterocycles. The zero-order chi connectivity index (χ0) is 18.6. The van der Waals surface area contributed by atoms with E-state index >= 15 is 0 Å². The molecule has 0 aliphatic carbocycles. The minimum atomic E-state index is -0.228. The Morgan fingerprint density at radius 3 is 3.11 bits per heavy atom. The van der Waals surface area contributed by atoms with E-state index in [9.17, 15) is 4.79 Å². The zero-order valence-electron chi connectivity index (χ0n) is 14.9. The van der Waals surface area contributed by atoms with Gasteiger partial charge in [-0.2, -0.15) is 4.98 Å². The Morgan fingerprint density at radius 2 is 2.30 bits per heavy atom. The summed E-state index contributed by atoms with van der Waals surface area (Å²) in [6.45, 7) is 0.986. The molecule has 1 N–H and O–H groups in total. The molecule has 0 spiro atoms. The van der Waals surface area contributed by atoms with Crippen LogP contribution in [0.25, 0.3) is 11.4 Å². The summed E-state index contributed by atoms with van der Waals surface area (Å²) in [6, 6.07) is 10.7. The molecule has 0 radical (unpaired) electrons. The van der Waals surface area contributed by atoms with Crippen molar-refractivity contribution in [2.45, 2.75) is 25.4 Å². The number of aromatic nitrogens is 2. The van der Waals surface area contributed by atoms with Crippen molar-refractivity contribution in [3.63, 3.8) is 0 Å². The molecule has 27 heavy (non-hydrogen) atoms. The van der Waals surface area contributed by atoms with Gasteiger partial charge >= 0.3 is 6.03 Å². The minimum absolute atomic E-state index is 0.171. The van der Waals surface area contributed by atoms with Crippen molar-refractivity contribution in [2.75, 3.05) is 13.7 Å². The molecule has 3 heterocycles. The van der Waals surface area contributed by atoms with Crippen LogP contribution in [0.4, 0.5) is 4.79 Å². The lowest BCUT2D eigenvalue weighted by molar-refractivity contribution is 0.179. The van der Waals surface area contributed by atoms with Crippen LogP contribution in [-0.4, -0.2) is 34.7 Å². The summed E-state index contributed by atoms with van der Waals surface area (Å²) in [5.74, 6) is 2.35. The smallest absolute Gasteiger partial charge is 0.318 e. The molecule has 1 atom stereocenters. The number of furan rings is 1. The average molecular weight is 368 g/mol. The molecule has 0 unspecified atom stereocenters. The van der Waals surface area contributed by atoms with Crippen molar-refractivity contribution in [1.82, 2.24) is 20.4 Å². The fourth-order valence-corrected chi connectivity index (χ4v) is 3.19. The molecule has 1 fully saturated rings. The van der Waals surface area contributed by atoms with Gasteiger partial charge in [-0.05, 0) is 37.1 Å². The lowest BCUT2D eigenvalue weighted by atomic mass is 10.2. The topological polar surface area (TPSA) is 93.6 Å². The molecule has 0 saturated carbocycles. The van der Waals surface area contributed by atoms with E-state index in [4.69, 9.17) is 13.7 Å². The molecule has 8 nitrogen and oxygen atoms in total. The highest BCUT2D eigenvalue weighted by Crippen LogP contribution is 2.32. The Labute approximate surface area is 156 Å². The number of carbonyl (C=O) groups is 1. The number of amides is 2. The van der Waals surface area contributed by atoms with Crippen LogP contribution in [0, 0.1) is 0 Å². The largest absolute Gasteiger partial charge is 0.497 e. The van der Waals surface area contributed by atoms with E-state index in [1.807, 2.05) is 30.3 Å². The number of hydrogen-bond acceptors (Lipinski definition) is 6. The third-order valence-electron chi connectivity index (χ3n) is 4.56. The van der Waals surface area contributed by atoms with Crippen molar-refractivity contribution in [3.05, 3.63) is 54.3 Å². The maximum absolute atomic E-state index is 12.6. The number of nitrogens with zero attached hydrogens (tertiary/aromatic N) is 3. The van der Waals surface area contributed by atoms with Crippen molar-refractivity contribution in [3.8, 4) is 17.1 Å². The van der Waals surface area contributed by atoms with E-state index in [1.54, 1.807) is 24.3 Å². The van der Waals surface area contributed by atoms with Crippen molar-refractivity contribution in [1.29, 1.82) is 0 Å². The summed E-state index contributed by atoms with van der Waals surface area (Å²) < 4.78 is 15.9. The SMILES string of the molecule is COc1cccc(-c2noc([C@@H]3CCCN3C(=O)NCc3ccco3)n2)c1. The van der Waals surface area contributed by atoms with Gasteiger partial charge in [-0.15, -0.1) is 0 Å². The molecule has 1 aliphatic heterocycles. The second-order valence-corrected chi connectivity index (χ2v) is 6.28. The van der Waals surface area contributed by atoms with E-state index < -0.39 is 0 Å². The van der Waals surface area contributed by atoms with Gasteiger partial charge in [0.1, 0.15) is 17.6 Å². The fraction of sp³-hybridized carbons (Fsp3) is 0.316. The average Bonchev–Trinajstić information content (AvgIpc) is 3.47. The Morgan fingerprint density at radius 1 is 1.37 bits per heavy atom. The van der Waals surface area contributed by atoms with E-state index in [0.29, 0.717) is 30.6 Å². The third kappa shape index (κ3) is 3.64. The van der Waals surface area contributed by atoms with Gasteiger partial charge in [-0.1, -0.05) is 17.3 Å². The summed E-state index contributed by atoms with van der Waals surface area (Å²) in [4.78, 5) is 18.8. The number of likely N-dealkylation sites (tertiary alicyclic amines) is 1. The molecule has 2 amide bonds. The second kappa shape index (κ2) is 7.53. The number of benzene rings is 1. The monoisotopic (exact) mass is 368 g/mol. The van der Waals surface area contributed by atoms with Gasteiger partial charge < -0.3 is 23.9 Å². The Hall–Kier alpha value is -3.29. The number of methoxy groups -OCH3 is 1. The first-order valence-electron chi connectivity index (χ1n) is 8.79. The van der Waals surface area contributed by atoms with Gasteiger partial charge in [0, 0.05) is 12.1 Å². The molecule has 1 aliphatic rings. The molecule has 1 saturated heterocycles. The zero-order valence-corrected chi connectivity index (χ0v) is 14.9. The van der Waals surface area contributed by atoms with Crippen LogP contribution in [0.2, 0.25) is 0 Å². The maximum atomic E-state index is 12.6. The second-order valence-electron chi connectivity index (χ2n) is 6.28. The van der Waals surface area contributed by atoms with Gasteiger partial charge in [0.25, 0.3) is 0 Å². The van der Waals surface area contributed by atoms with E-state index in [0.717, 1.165) is 24.2 Å². The van der Waals surface area contributed by atoms with Gasteiger partial charge in [0.2, 0.25) is 11.7 Å². The number of ether oxygens (including phenoxy) is 1.